The standard InChI is InChI=1S/C16H19ClN2/c1-12-6-7-14(10-18)16(8-12)19(2)11-13-4-3-5-15(17)9-13/h3-9H,10-11,18H2,1-2H3. The van der Waals surface area contributed by atoms with Gasteiger partial charge in [-0.1, -0.05) is 35.9 Å². The summed E-state index contributed by atoms with van der Waals surface area (Å²) in [6.45, 7) is 3.46. The van der Waals surface area contributed by atoms with Crippen LogP contribution in [0.3, 0.4) is 0 Å². The molecule has 2 aromatic carbocycles. The largest absolute Gasteiger partial charge is 0.370 e. The van der Waals surface area contributed by atoms with Crippen LogP contribution in [0.2, 0.25) is 5.02 Å². The van der Waals surface area contributed by atoms with Crippen molar-refractivity contribution in [3.05, 3.63) is 64.2 Å². The van der Waals surface area contributed by atoms with Gasteiger partial charge in [-0.05, 0) is 41.8 Å². The molecule has 0 fully saturated rings. The lowest BCUT2D eigenvalue weighted by Gasteiger charge is -2.23. The number of halogens is 1. The van der Waals surface area contributed by atoms with Crippen LogP contribution in [0.1, 0.15) is 16.7 Å². The summed E-state index contributed by atoms with van der Waals surface area (Å²) < 4.78 is 0. The Balaban J connectivity index is 2.24. The van der Waals surface area contributed by atoms with E-state index in [1.807, 2.05) is 18.2 Å². The molecule has 0 amide bonds. The summed E-state index contributed by atoms with van der Waals surface area (Å²) in [5.41, 5.74) is 10.6. The number of hydrogen-bond donors (Lipinski definition) is 1. The molecular formula is C16H19ClN2. The van der Waals surface area contributed by atoms with Crippen molar-refractivity contribution in [1.29, 1.82) is 0 Å². The number of benzene rings is 2. The lowest BCUT2D eigenvalue weighted by atomic mass is 10.1. The van der Waals surface area contributed by atoms with E-state index in [1.165, 1.54) is 16.8 Å². The summed E-state index contributed by atoms with van der Waals surface area (Å²) in [7, 11) is 2.08. The van der Waals surface area contributed by atoms with Gasteiger partial charge in [-0.25, -0.2) is 0 Å². The van der Waals surface area contributed by atoms with E-state index < -0.39 is 0 Å². The average Bonchev–Trinajstić information content (AvgIpc) is 2.38. The van der Waals surface area contributed by atoms with Gasteiger partial charge in [0.25, 0.3) is 0 Å². The van der Waals surface area contributed by atoms with E-state index in [4.69, 9.17) is 17.3 Å². The van der Waals surface area contributed by atoms with Crippen molar-refractivity contribution in [2.45, 2.75) is 20.0 Å². The highest BCUT2D eigenvalue weighted by molar-refractivity contribution is 6.30. The van der Waals surface area contributed by atoms with Crippen LogP contribution in [0.25, 0.3) is 0 Å². The molecule has 0 bridgehead atoms. The van der Waals surface area contributed by atoms with Crippen LogP contribution < -0.4 is 10.6 Å². The van der Waals surface area contributed by atoms with Crippen molar-refractivity contribution in [1.82, 2.24) is 0 Å². The van der Waals surface area contributed by atoms with Gasteiger partial charge >= 0.3 is 0 Å². The zero-order valence-corrected chi connectivity index (χ0v) is 12.1. The Hall–Kier alpha value is -1.51. The molecule has 19 heavy (non-hydrogen) atoms. The van der Waals surface area contributed by atoms with E-state index >= 15 is 0 Å². The first-order chi connectivity index (χ1) is 9.10. The molecule has 2 rings (SSSR count). The Morgan fingerprint density at radius 3 is 2.63 bits per heavy atom. The zero-order valence-electron chi connectivity index (χ0n) is 11.4. The van der Waals surface area contributed by atoms with Crippen molar-refractivity contribution < 1.29 is 0 Å². The lowest BCUT2D eigenvalue weighted by Crippen LogP contribution is -2.19. The molecule has 0 aliphatic rings. The van der Waals surface area contributed by atoms with Gasteiger partial charge < -0.3 is 10.6 Å². The summed E-state index contributed by atoms with van der Waals surface area (Å²) in [6.07, 6.45) is 0. The molecule has 0 unspecified atom stereocenters. The Kier molecular flexibility index (Phi) is 4.46. The number of nitrogens with two attached hydrogens (primary N) is 1. The Morgan fingerprint density at radius 2 is 1.95 bits per heavy atom. The summed E-state index contributed by atoms with van der Waals surface area (Å²) in [5, 5.41) is 0.772. The molecule has 2 N–H and O–H groups in total. The van der Waals surface area contributed by atoms with Crippen molar-refractivity contribution in [2.24, 2.45) is 5.73 Å². The molecule has 3 heteroatoms. The summed E-state index contributed by atoms with van der Waals surface area (Å²) >= 11 is 6.02. The van der Waals surface area contributed by atoms with E-state index in [9.17, 15) is 0 Å². The maximum atomic E-state index is 6.02. The second-order valence-electron chi connectivity index (χ2n) is 4.82. The molecule has 0 spiro atoms. The molecule has 0 aliphatic carbocycles. The van der Waals surface area contributed by atoms with Crippen LogP contribution in [0.4, 0.5) is 5.69 Å². The molecule has 0 atom stereocenters. The molecule has 0 saturated carbocycles. The fourth-order valence-corrected chi connectivity index (χ4v) is 2.41. The average molecular weight is 275 g/mol. The second-order valence-corrected chi connectivity index (χ2v) is 5.26. The molecule has 2 aromatic rings. The van der Waals surface area contributed by atoms with Crippen LogP contribution in [-0.4, -0.2) is 7.05 Å². The normalized spacial score (nSPS) is 10.5. The second kappa shape index (κ2) is 6.09. The summed E-state index contributed by atoms with van der Waals surface area (Å²) in [6, 6.07) is 14.3. The van der Waals surface area contributed by atoms with E-state index in [-0.39, 0.29) is 0 Å². The first-order valence-corrected chi connectivity index (χ1v) is 6.73. The van der Waals surface area contributed by atoms with Crippen molar-refractivity contribution in [3.63, 3.8) is 0 Å². The zero-order chi connectivity index (χ0) is 13.8. The van der Waals surface area contributed by atoms with E-state index in [2.05, 4.69) is 43.1 Å². The van der Waals surface area contributed by atoms with E-state index in [1.54, 1.807) is 0 Å². The SMILES string of the molecule is Cc1ccc(CN)c(N(C)Cc2cccc(Cl)c2)c1. The van der Waals surface area contributed by atoms with Gasteiger partial charge in [0, 0.05) is 30.8 Å². The van der Waals surface area contributed by atoms with Gasteiger partial charge in [0.2, 0.25) is 0 Å². The maximum Gasteiger partial charge on any atom is 0.0426 e. The maximum absolute atomic E-state index is 6.02. The highest BCUT2D eigenvalue weighted by Gasteiger charge is 2.07. The van der Waals surface area contributed by atoms with Gasteiger partial charge in [-0.15, -0.1) is 0 Å². The lowest BCUT2D eigenvalue weighted by molar-refractivity contribution is 0.902. The van der Waals surface area contributed by atoms with Gasteiger partial charge in [0.05, 0.1) is 0 Å². The molecule has 2 nitrogen and oxygen atoms in total. The molecule has 0 saturated heterocycles. The molecular weight excluding hydrogens is 256 g/mol. The quantitative estimate of drug-likeness (QED) is 0.920. The fraction of sp³-hybridized carbons (Fsp3) is 0.250. The predicted octanol–water partition coefficient (Wildman–Crippen LogP) is 3.74. The van der Waals surface area contributed by atoms with Crippen LogP contribution in [0.15, 0.2) is 42.5 Å². The molecule has 0 heterocycles. The summed E-state index contributed by atoms with van der Waals surface area (Å²) in [5.74, 6) is 0. The fourth-order valence-electron chi connectivity index (χ4n) is 2.20. The third-order valence-corrected chi connectivity index (χ3v) is 3.42. The van der Waals surface area contributed by atoms with Crippen LogP contribution in [-0.2, 0) is 13.1 Å². The monoisotopic (exact) mass is 274 g/mol. The first kappa shape index (κ1) is 13.9. The minimum atomic E-state index is 0.551. The molecule has 0 radical (unpaired) electrons. The number of aryl methyl sites for hydroxylation is 1. The summed E-state index contributed by atoms with van der Waals surface area (Å²) in [4.78, 5) is 2.21. The third-order valence-electron chi connectivity index (χ3n) is 3.18. The van der Waals surface area contributed by atoms with Gasteiger partial charge in [-0.2, -0.15) is 0 Å². The molecule has 0 aliphatic heterocycles. The van der Waals surface area contributed by atoms with Crippen molar-refractivity contribution in [3.8, 4) is 0 Å². The Bertz CT molecular complexity index is 566. The minimum absolute atomic E-state index is 0.551. The van der Waals surface area contributed by atoms with Crippen LogP contribution in [0, 0.1) is 6.92 Å². The smallest absolute Gasteiger partial charge is 0.0426 e. The predicted molar refractivity (Wildman–Crippen MR) is 82.6 cm³/mol. The topological polar surface area (TPSA) is 29.3 Å². The first-order valence-electron chi connectivity index (χ1n) is 6.35. The molecule has 100 valence electrons. The number of nitrogens with zero attached hydrogens (tertiary/aromatic N) is 1. The van der Waals surface area contributed by atoms with Crippen LogP contribution in [0.5, 0.6) is 0 Å². The van der Waals surface area contributed by atoms with Crippen molar-refractivity contribution in [2.75, 3.05) is 11.9 Å². The van der Waals surface area contributed by atoms with Gasteiger partial charge in [0.1, 0.15) is 0 Å². The van der Waals surface area contributed by atoms with E-state index in [0.29, 0.717) is 6.54 Å². The van der Waals surface area contributed by atoms with E-state index in [0.717, 1.165) is 17.1 Å². The number of anilines is 1. The van der Waals surface area contributed by atoms with Gasteiger partial charge in [-0.3, -0.25) is 0 Å². The highest BCUT2D eigenvalue weighted by Crippen LogP contribution is 2.23. The minimum Gasteiger partial charge on any atom is -0.370 e. The van der Waals surface area contributed by atoms with Crippen LogP contribution >= 0.6 is 11.6 Å². The van der Waals surface area contributed by atoms with Gasteiger partial charge in [0.15, 0.2) is 0 Å². The number of rotatable bonds is 4. The highest BCUT2D eigenvalue weighted by atomic mass is 35.5. The Labute approximate surface area is 119 Å². The third kappa shape index (κ3) is 3.49. The number of hydrogen-bond acceptors (Lipinski definition) is 2. The Morgan fingerprint density at radius 1 is 1.16 bits per heavy atom. The van der Waals surface area contributed by atoms with Crippen molar-refractivity contribution >= 4 is 17.3 Å². The molecule has 0 aromatic heterocycles.